The summed E-state index contributed by atoms with van der Waals surface area (Å²) in [6.45, 7) is 8.64. The molecule has 0 rings (SSSR count). The Morgan fingerprint density at radius 2 is 2.12 bits per heavy atom. The molecule has 0 aromatic rings. The van der Waals surface area contributed by atoms with E-state index in [1.165, 1.54) is 0 Å². The second-order valence-electron chi connectivity index (χ2n) is 4.58. The normalized spacial score (nSPS) is 13.0. The van der Waals surface area contributed by atoms with E-state index in [0.29, 0.717) is 38.8 Å². The Morgan fingerprint density at radius 1 is 1.41 bits per heavy atom. The van der Waals surface area contributed by atoms with Gasteiger partial charge in [0.1, 0.15) is 0 Å². The Balaban J connectivity index is 3.79. The maximum atomic E-state index is 9.82. The highest BCUT2D eigenvalue weighted by Gasteiger charge is 2.14. The molecule has 0 aliphatic carbocycles. The highest BCUT2D eigenvalue weighted by atomic mass is 16.5. The maximum absolute atomic E-state index is 9.82. The largest absolute Gasteiger partial charge is 0.389 e. The number of aliphatic hydroxyl groups excluding tert-OH is 1. The van der Waals surface area contributed by atoms with Crippen molar-refractivity contribution in [2.24, 2.45) is 0 Å². The highest BCUT2D eigenvalue weighted by molar-refractivity contribution is 4.75. The van der Waals surface area contributed by atoms with Gasteiger partial charge in [-0.2, -0.15) is 5.26 Å². The van der Waals surface area contributed by atoms with Crippen LogP contribution in [0, 0.1) is 11.3 Å². The molecular formula is C13H26N2O2. The van der Waals surface area contributed by atoms with Gasteiger partial charge in [-0.3, -0.25) is 4.90 Å². The summed E-state index contributed by atoms with van der Waals surface area (Å²) >= 11 is 0. The molecule has 0 spiro atoms. The fourth-order valence-electron chi connectivity index (χ4n) is 1.54. The highest BCUT2D eigenvalue weighted by Crippen LogP contribution is 2.02. The first-order valence-corrected chi connectivity index (χ1v) is 6.48. The second kappa shape index (κ2) is 10.5. The zero-order chi connectivity index (χ0) is 13.1. The van der Waals surface area contributed by atoms with Crippen LogP contribution in [0.3, 0.4) is 0 Å². The lowest BCUT2D eigenvalue weighted by Gasteiger charge is -2.27. The zero-order valence-electron chi connectivity index (χ0n) is 11.4. The Hall–Kier alpha value is -0.630. The topological polar surface area (TPSA) is 56.5 Å². The molecule has 0 radical (unpaired) electrons. The van der Waals surface area contributed by atoms with Crippen LogP contribution in [-0.2, 0) is 4.74 Å². The number of unbranched alkanes of at least 4 members (excludes halogenated alkanes) is 1. The van der Waals surface area contributed by atoms with Crippen molar-refractivity contribution in [1.29, 1.82) is 5.26 Å². The van der Waals surface area contributed by atoms with Crippen LogP contribution in [0.5, 0.6) is 0 Å². The van der Waals surface area contributed by atoms with E-state index < -0.39 is 6.10 Å². The van der Waals surface area contributed by atoms with Crippen molar-refractivity contribution in [3.8, 4) is 6.07 Å². The maximum Gasteiger partial charge on any atom is 0.0900 e. The van der Waals surface area contributed by atoms with E-state index in [2.05, 4.69) is 31.7 Å². The summed E-state index contributed by atoms with van der Waals surface area (Å²) in [5.74, 6) is 0. The molecule has 100 valence electrons. The molecule has 0 saturated carbocycles. The lowest BCUT2D eigenvalue weighted by Crippen LogP contribution is -2.39. The summed E-state index contributed by atoms with van der Waals surface area (Å²) in [5.41, 5.74) is 0. The second-order valence-corrected chi connectivity index (χ2v) is 4.58. The summed E-state index contributed by atoms with van der Waals surface area (Å²) in [6, 6.07) is 2.47. The predicted molar refractivity (Wildman–Crippen MR) is 68.7 cm³/mol. The van der Waals surface area contributed by atoms with Gasteiger partial charge < -0.3 is 9.84 Å². The number of rotatable bonds is 10. The molecule has 0 heterocycles. The van der Waals surface area contributed by atoms with Crippen molar-refractivity contribution >= 4 is 0 Å². The SMILES string of the molecule is CCCCOCC(O)CN(CCC#N)C(C)C. The molecule has 1 atom stereocenters. The Labute approximate surface area is 105 Å². The summed E-state index contributed by atoms with van der Waals surface area (Å²) in [6.07, 6.45) is 2.18. The lowest BCUT2D eigenvalue weighted by atomic mass is 10.2. The molecular weight excluding hydrogens is 216 g/mol. The van der Waals surface area contributed by atoms with Gasteiger partial charge in [0.25, 0.3) is 0 Å². The first-order valence-electron chi connectivity index (χ1n) is 6.48. The predicted octanol–water partition coefficient (Wildman–Crippen LogP) is 1.79. The van der Waals surface area contributed by atoms with Gasteiger partial charge in [0.15, 0.2) is 0 Å². The molecule has 17 heavy (non-hydrogen) atoms. The standard InChI is InChI=1S/C13H26N2O2/c1-4-5-9-17-11-13(16)10-15(12(2)3)8-6-7-14/h12-13,16H,4-6,8-11H2,1-3H3. The first kappa shape index (κ1) is 16.4. The molecule has 4 nitrogen and oxygen atoms in total. The van der Waals surface area contributed by atoms with E-state index in [4.69, 9.17) is 10.00 Å². The van der Waals surface area contributed by atoms with Crippen LogP contribution >= 0.6 is 0 Å². The average molecular weight is 242 g/mol. The molecule has 0 saturated heterocycles. The van der Waals surface area contributed by atoms with Crippen LogP contribution in [0.4, 0.5) is 0 Å². The van der Waals surface area contributed by atoms with Crippen molar-refractivity contribution in [3.63, 3.8) is 0 Å². The van der Waals surface area contributed by atoms with Crippen LogP contribution in [0.1, 0.15) is 40.0 Å². The van der Waals surface area contributed by atoms with Gasteiger partial charge in [-0.25, -0.2) is 0 Å². The summed E-state index contributed by atoms with van der Waals surface area (Å²) in [5, 5.41) is 18.4. The van der Waals surface area contributed by atoms with Crippen molar-refractivity contribution < 1.29 is 9.84 Å². The molecule has 0 fully saturated rings. The lowest BCUT2D eigenvalue weighted by molar-refractivity contribution is 0.0108. The molecule has 0 bridgehead atoms. The summed E-state index contributed by atoms with van der Waals surface area (Å²) in [7, 11) is 0. The van der Waals surface area contributed by atoms with Crippen molar-refractivity contribution in [2.45, 2.75) is 52.2 Å². The van der Waals surface area contributed by atoms with Crippen molar-refractivity contribution in [2.75, 3.05) is 26.3 Å². The number of nitriles is 1. The molecule has 4 heteroatoms. The van der Waals surface area contributed by atoms with E-state index in [1.807, 2.05) is 0 Å². The third-order valence-electron chi connectivity index (χ3n) is 2.64. The smallest absolute Gasteiger partial charge is 0.0900 e. The minimum Gasteiger partial charge on any atom is -0.389 e. The zero-order valence-corrected chi connectivity index (χ0v) is 11.4. The van der Waals surface area contributed by atoms with Gasteiger partial charge >= 0.3 is 0 Å². The van der Waals surface area contributed by atoms with Crippen LogP contribution < -0.4 is 0 Å². The van der Waals surface area contributed by atoms with Gasteiger partial charge in [-0.1, -0.05) is 13.3 Å². The van der Waals surface area contributed by atoms with Gasteiger partial charge in [-0.05, 0) is 20.3 Å². The van der Waals surface area contributed by atoms with E-state index in [9.17, 15) is 5.11 Å². The fraction of sp³-hybridized carbons (Fsp3) is 0.923. The van der Waals surface area contributed by atoms with Crippen LogP contribution in [0.2, 0.25) is 0 Å². The number of hydrogen-bond donors (Lipinski definition) is 1. The average Bonchev–Trinajstić information content (AvgIpc) is 2.29. The van der Waals surface area contributed by atoms with Gasteiger partial charge in [0.2, 0.25) is 0 Å². The van der Waals surface area contributed by atoms with Gasteiger partial charge in [0, 0.05) is 32.2 Å². The summed E-state index contributed by atoms with van der Waals surface area (Å²) < 4.78 is 5.38. The molecule has 0 aromatic heterocycles. The van der Waals surface area contributed by atoms with E-state index in [0.717, 1.165) is 12.8 Å². The monoisotopic (exact) mass is 242 g/mol. The third kappa shape index (κ3) is 9.11. The molecule has 1 unspecified atom stereocenters. The quantitative estimate of drug-likeness (QED) is 0.593. The first-order chi connectivity index (χ1) is 8.11. The third-order valence-corrected chi connectivity index (χ3v) is 2.64. The van der Waals surface area contributed by atoms with Crippen LogP contribution in [0.15, 0.2) is 0 Å². The van der Waals surface area contributed by atoms with Crippen molar-refractivity contribution in [1.82, 2.24) is 4.90 Å². The minimum atomic E-state index is -0.465. The Kier molecular flexibility index (Phi) is 10.1. The Morgan fingerprint density at radius 3 is 2.65 bits per heavy atom. The fourth-order valence-corrected chi connectivity index (χ4v) is 1.54. The van der Waals surface area contributed by atoms with Gasteiger partial charge in [-0.15, -0.1) is 0 Å². The van der Waals surface area contributed by atoms with Crippen LogP contribution in [0.25, 0.3) is 0 Å². The van der Waals surface area contributed by atoms with E-state index in [-0.39, 0.29) is 0 Å². The number of aliphatic hydroxyl groups is 1. The van der Waals surface area contributed by atoms with Crippen molar-refractivity contribution in [3.05, 3.63) is 0 Å². The molecule has 0 aliphatic heterocycles. The molecule has 0 aliphatic rings. The molecule has 0 amide bonds. The van der Waals surface area contributed by atoms with Crippen LogP contribution in [-0.4, -0.2) is 48.5 Å². The summed E-state index contributed by atoms with van der Waals surface area (Å²) in [4.78, 5) is 2.11. The number of hydrogen-bond acceptors (Lipinski definition) is 4. The van der Waals surface area contributed by atoms with E-state index >= 15 is 0 Å². The minimum absolute atomic E-state index is 0.341. The number of nitrogens with zero attached hydrogens (tertiary/aromatic N) is 2. The molecule has 1 N–H and O–H groups in total. The number of ether oxygens (including phenoxy) is 1. The Bertz CT molecular complexity index is 214. The molecule has 0 aromatic carbocycles. The van der Waals surface area contributed by atoms with E-state index in [1.54, 1.807) is 0 Å². The van der Waals surface area contributed by atoms with Gasteiger partial charge in [0.05, 0.1) is 18.8 Å².